The van der Waals surface area contributed by atoms with Crippen molar-refractivity contribution in [3.63, 3.8) is 0 Å². The van der Waals surface area contributed by atoms with Gasteiger partial charge in [-0.05, 0) is 18.8 Å². The van der Waals surface area contributed by atoms with Crippen molar-refractivity contribution >= 4 is 29.1 Å². The van der Waals surface area contributed by atoms with Crippen molar-refractivity contribution in [2.75, 3.05) is 18.9 Å². The highest BCUT2D eigenvalue weighted by Crippen LogP contribution is 2.16. The van der Waals surface area contributed by atoms with Crippen LogP contribution in [0.25, 0.3) is 11.2 Å². The molecule has 0 radical (unpaired) electrons. The van der Waals surface area contributed by atoms with Crippen LogP contribution in [-0.2, 0) is 25.6 Å². The number of unbranched alkanes of at least 4 members (excludes halogenated alkanes) is 4. The molecule has 33 heavy (non-hydrogen) atoms. The third-order valence-corrected chi connectivity index (χ3v) is 5.56. The van der Waals surface area contributed by atoms with Crippen molar-refractivity contribution in [2.45, 2.75) is 78.3 Å². The van der Waals surface area contributed by atoms with E-state index in [2.05, 4.69) is 21.9 Å². The molecule has 2 aromatic rings. The second-order valence-corrected chi connectivity index (χ2v) is 8.77. The Hall–Kier alpha value is -2.75. The van der Waals surface area contributed by atoms with Crippen molar-refractivity contribution in [3.8, 4) is 0 Å². The van der Waals surface area contributed by atoms with Gasteiger partial charge >= 0.3 is 11.9 Å². The Labute approximate surface area is 195 Å². The Morgan fingerprint density at radius 2 is 1.88 bits per heavy atom. The second kappa shape index (κ2) is 13.7. The summed E-state index contributed by atoms with van der Waals surface area (Å²) in [5.74, 6) is -0.632. The molecule has 0 amide bonds. The summed E-state index contributed by atoms with van der Waals surface area (Å²) >= 11 is 0. The zero-order valence-electron chi connectivity index (χ0n) is 20.0. The maximum atomic E-state index is 12.2. The number of hydrogen-bond donors (Lipinski definition) is 2. The van der Waals surface area contributed by atoms with Crippen LogP contribution in [-0.4, -0.2) is 50.7 Å². The lowest BCUT2D eigenvalue weighted by Gasteiger charge is -2.20. The molecule has 0 aromatic carbocycles. The summed E-state index contributed by atoms with van der Waals surface area (Å²) in [6.07, 6.45) is 9.54. The summed E-state index contributed by atoms with van der Waals surface area (Å²) in [7, 11) is 0. The van der Waals surface area contributed by atoms with Crippen LogP contribution in [0.2, 0.25) is 0 Å². The number of nitrogens with zero attached hydrogens (tertiary/aromatic N) is 4. The van der Waals surface area contributed by atoms with Gasteiger partial charge in [-0.15, -0.1) is 0 Å². The summed E-state index contributed by atoms with van der Waals surface area (Å²) in [5, 5.41) is 0. The zero-order valence-corrected chi connectivity index (χ0v) is 20.0. The smallest absolute Gasteiger partial charge is 0.323 e. The van der Waals surface area contributed by atoms with Crippen LogP contribution in [0, 0.1) is 11.8 Å². The lowest BCUT2D eigenvalue weighted by molar-refractivity contribution is -0.149. The van der Waals surface area contributed by atoms with Crippen LogP contribution in [0.4, 0.5) is 5.95 Å². The number of rotatable bonds is 15. The van der Waals surface area contributed by atoms with Gasteiger partial charge in [0.25, 0.3) is 0 Å². The third-order valence-electron chi connectivity index (χ3n) is 5.56. The number of carbonyl (C=O) groups excluding carboxylic acids is 2. The molecule has 10 heteroatoms. The minimum atomic E-state index is -0.683. The van der Waals surface area contributed by atoms with Crippen molar-refractivity contribution < 1.29 is 19.1 Å². The van der Waals surface area contributed by atoms with E-state index in [0.29, 0.717) is 30.6 Å². The van der Waals surface area contributed by atoms with Gasteiger partial charge in [-0.1, -0.05) is 46.5 Å². The minimum absolute atomic E-state index is 0.0218. The van der Waals surface area contributed by atoms with Gasteiger partial charge in [-0.2, -0.15) is 4.98 Å². The number of hydrogen-bond acceptors (Lipinski definition) is 9. The van der Waals surface area contributed by atoms with Gasteiger partial charge in [0.1, 0.15) is 11.6 Å². The molecule has 0 aliphatic carbocycles. The molecule has 2 atom stereocenters. The van der Waals surface area contributed by atoms with E-state index in [9.17, 15) is 9.59 Å². The average molecular weight is 463 g/mol. The molecule has 0 aliphatic heterocycles. The number of anilines is 1. The van der Waals surface area contributed by atoms with E-state index >= 15 is 0 Å². The van der Waals surface area contributed by atoms with E-state index in [4.69, 9.17) is 20.9 Å². The molecule has 2 rings (SSSR count). The van der Waals surface area contributed by atoms with Gasteiger partial charge in [0, 0.05) is 18.9 Å². The van der Waals surface area contributed by atoms with Crippen LogP contribution >= 0.6 is 0 Å². The number of nitrogens with two attached hydrogens (primary N) is 2. The average Bonchev–Trinajstić information content (AvgIpc) is 3.17. The number of nitrogen functional groups attached to an aromatic ring is 1. The van der Waals surface area contributed by atoms with Crippen molar-refractivity contribution in [2.24, 2.45) is 17.6 Å². The topological polar surface area (TPSA) is 148 Å². The summed E-state index contributed by atoms with van der Waals surface area (Å²) < 4.78 is 12.7. The molecule has 1 unspecified atom stereocenters. The SMILES string of the molecule is CCCCCCCC(=O)OCCC(COC(=O)[C@@H](N)C(C)C)Cn1cnc2cnc(N)nc21. The van der Waals surface area contributed by atoms with E-state index in [1.807, 2.05) is 18.4 Å². The normalized spacial score (nSPS) is 13.2. The van der Waals surface area contributed by atoms with Crippen molar-refractivity contribution in [3.05, 3.63) is 12.5 Å². The highest BCUT2D eigenvalue weighted by Gasteiger charge is 2.22. The fourth-order valence-corrected chi connectivity index (χ4v) is 3.36. The molecule has 0 spiro atoms. The first-order valence-corrected chi connectivity index (χ1v) is 11.8. The van der Waals surface area contributed by atoms with E-state index in [1.54, 1.807) is 12.5 Å². The highest BCUT2D eigenvalue weighted by molar-refractivity contribution is 5.75. The van der Waals surface area contributed by atoms with Crippen LogP contribution in [0.3, 0.4) is 0 Å². The van der Waals surface area contributed by atoms with Gasteiger partial charge in [-0.25, -0.2) is 9.97 Å². The maximum absolute atomic E-state index is 12.2. The van der Waals surface area contributed by atoms with Crippen LogP contribution in [0.1, 0.15) is 65.7 Å². The molecular weight excluding hydrogens is 424 g/mol. The first kappa shape index (κ1) is 26.5. The van der Waals surface area contributed by atoms with Gasteiger partial charge < -0.3 is 25.5 Å². The summed E-state index contributed by atoms with van der Waals surface area (Å²) in [4.78, 5) is 36.8. The molecule has 2 aromatic heterocycles. The first-order valence-electron chi connectivity index (χ1n) is 11.8. The highest BCUT2D eigenvalue weighted by atomic mass is 16.5. The number of carbonyl (C=O) groups is 2. The Balaban J connectivity index is 1.93. The Morgan fingerprint density at radius 1 is 1.12 bits per heavy atom. The summed E-state index contributed by atoms with van der Waals surface area (Å²) in [5.41, 5.74) is 12.8. The van der Waals surface area contributed by atoms with E-state index in [-0.39, 0.29) is 37.0 Å². The fourth-order valence-electron chi connectivity index (χ4n) is 3.36. The maximum Gasteiger partial charge on any atom is 0.323 e. The van der Waals surface area contributed by atoms with Crippen LogP contribution < -0.4 is 11.5 Å². The second-order valence-electron chi connectivity index (χ2n) is 8.77. The predicted molar refractivity (Wildman–Crippen MR) is 126 cm³/mol. The number of esters is 2. The molecular formula is C23H38N6O4. The van der Waals surface area contributed by atoms with Crippen molar-refractivity contribution in [1.82, 2.24) is 19.5 Å². The zero-order chi connectivity index (χ0) is 24.2. The van der Waals surface area contributed by atoms with Gasteiger partial charge in [0.05, 0.1) is 25.7 Å². The van der Waals surface area contributed by atoms with E-state index < -0.39 is 12.0 Å². The molecule has 184 valence electrons. The molecule has 0 fully saturated rings. The van der Waals surface area contributed by atoms with Crippen molar-refractivity contribution in [1.29, 1.82) is 0 Å². The lowest BCUT2D eigenvalue weighted by Crippen LogP contribution is -2.38. The molecule has 0 bridgehead atoms. The molecule has 0 aliphatic rings. The first-order chi connectivity index (χ1) is 15.8. The number of fused-ring (bicyclic) bond motifs is 1. The standard InChI is InChI=1S/C23H38N6O4/c1-4-5-6-7-8-9-19(30)32-11-10-17(14-33-22(31)20(24)16(2)3)13-29-15-27-18-12-26-23(25)28-21(18)29/h12,15-17,20H,4-11,13-14,24H2,1-3H3,(H2,25,26,28)/t17?,20-/m0/s1. The fraction of sp³-hybridized carbons (Fsp3) is 0.696. The van der Waals surface area contributed by atoms with E-state index in [0.717, 1.165) is 19.3 Å². The molecule has 2 heterocycles. The number of ether oxygens (including phenoxy) is 2. The number of aromatic nitrogens is 4. The predicted octanol–water partition coefficient (Wildman–Crippen LogP) is 2.84. The summed E-state index contributed by atoms with van der Waals surface area (Å²) in [6.45, 7) is 6.75. The molecule has 10 nitrogen and oxygen atoms in total. The molecule has 0 saturated carbocycles. The van der Waals surface area contributed by atoms with Gasteiger partial charge in [0.15, 0.2) is 5.65 Å². The monoisotopic (exact) mass is 462 g/mol. The largest absolute Gasteiger partial charge is 0.466 e. The Kier molecular flexibility index (Phi) is 11.0. The number of imidazole rings is 1. The van der Waals surface area contributed by atoms with Gasteiger partial charge in [-0.3, -0.25) is 9.59 Å². The Bertz CT molecular complexity index is 885. The Morgan fingerprint density at radius 3 is 2.61 bits per heavy atom. The quantitative estimate of drug-likeness (QED) is 0.301. The molecule has 4 N–H and O–H groups in total. The van der Waals surface area contributed by atoms with Crippen LogP contribution in [0.15, 0.2) is 12.5 Å². The summed E-state index contributed by atoms with van der Waals surface area (Å²) in [6, 6.07) is -0.683. The minimum Gasteiger partial charge on any atom is -0.466 e. The lowest BCUT2D eigenvalue weighted by atomic mass is 10.1. The van der Waals surface area contributed by atoms with Gasteiger partial charge in [0.2, 0.25) is 5.95 Å². The van der Waals surface area contributed by atoms with Crippen LogP contribution in [0.5, 0.6) is 0 Å². The van der Waals surface area contributed by atoms with E-state index in [1.165, 1.54) is 12.8 Å². The third kappa shape index (κ3) is 8.95. The molecule has 0 saturated heterocycles.